The zero-order chi connectivity index (χ0) is 12.1. The second-order valence-corrected chi connectivity index (χ2v) is 2.81. The van der Waals surface area contributed by atoms with Gasteiger partial charge in [-0.05, 0) is 18.2 Å². The van der Waals surface area contributed by atoms with Crippen molar-refractivity contribution in [2.75, 3.05) is 6.61 Å². The number of hydrogen-bond acceptors (Lipinski definition) is 3. The fourth-order valence-electron chi connectivity index (χ4n) is 1.08. The Morgan fingerprint density at radius 3 is 2.50 bits per heavy atom. The molecule has 82 valence electrons. The quantitative estimate of drug-likeness (QED) is 0.742. The second-order valence-electron chi connectivity index (χ2n) is 2.81. The highest BCUT2D eigenvalue weighted by Crippen LogP contribution is 2.20. The summed E-state index contributed by atoms with van der Waals surface area (Å²) in [6, 6.07) is 3.54. The van der Waals surface area contributed by atoms with E-state index in [-0.39, 0.29) is 23.5 Å². The van der Waals surface area contributed by atoms with Crippen LogP contribution in [0.25, 0.3) is 0 Å². The highest BCUT2D eigenvalue weighted by atomic mass is 16.5. The van der Waals surface area contributed by atoms with Crippen molar-refractivity contribution in [2.24, 2.45) is 0 Å². The lowest BCUT2D eigenvalue weighted by molar-refractivity contribution is 0.0692. The molecule has 0 amide bonds. The van der Waals surface area contributed by atoms with Crippen LogP contribution < -0.4 is 4.74 Å². The first kappa shape index (κ1) is 11.6. The molecule has 0 saturated carbocycles. The zero-order valence-corrected chi connectivity index (χ0v) is 8.14. The molecule has 5 nitrogen and oxygen atoms in total. The van der Waals surface area contributed by atoms with Gasteiger partial charge in [-0.2, -0.15) is 0 Å². The Kier molecular flexibility index (Phi) is 3.51. The fourth-order valence-corrected chi connectivity index (χ4v) is 1.08. The van der Waals surface area contributed by atoms with E-state index in [4.69, 9.17) is 21.4 Å². The Labute approximate surface area is 91.3 Å². The predicted molar refractivity (Wildman–Crippen MR) is 54.7 cm³/mol. The number of carbonyl (C=O) groups is 2. The van der Waals surface area contributed by atoms with E-state index in [1.54, 1.807) is 0 Å². The molecular weight excluding hydrogens is 212 g/mol. The van der Waals surface area contributed by atoms with Gasteiger partial charge in [0, 0.05) is 0 Å². The average molecular weight is 220 g/mol. The van der Waals surface area contributed by atoms with Crippen molar-refractivity contribution < 1.29 is 24.5 Å². The molecule has 1 rings (SSSR count). The summed E-state index contributed by atoms with van der Waals surface area (Å²) in [7, 11) is 0. The number of rotatable bonds is 4. The van der Waals surface area contributed by atoms with E-state index in [2.05, 4.69) is 5.92 Å². The monoisotopic (exact) mass is 220 g/mol. The van der Waals surface area contributed by atoms with Crippen molar-refractivity contribution in [3.8, 4) is 18.1 Å². The Morgan fingerprint density at radius 2 is 2.00 bits per heavy atom. The summed E-state index contributed by atoms with van der Waals surface area (Å²) >= 11 is 0. The number of aromatic carboxylic acids is 2. The maximum Gasteiger partial charge on any atom is 0.339 e. The number of carboxylic acid groups (broad SMARTS) is 2. The normalized spacial score (nSPS) is 9.19. The van der Waals surface area contributed by atoms with Crippen LogP contribution in [0.1, 0.15) is 20.7 Å². The maximum atomic E-state index is 10.8. The highest BCUT2D eigenvalue weighted by Gasteiger charge is 2.14. The molecule has 0 bridgehead atoms. The minimum Gasteiger partial charge on any atom is -0.480 e. The Morgan fingerprint density at radius 1 is 1.31 bits per heavy atom. The molecule has 0 heterocycles. The van der Waals surface area contributed by atoms with Crippen molar-refractivity contribution in [1.82, 2.24) is 0 Å². The predicted octanol–water partition coefficient (Wildman–Crippen LogP) is 1.09. The summed E-state index contributed by atoms with van der Waals surface area (Å²) in [6.07, 6.45) is 4.96. The van der Waals surface area contributed by atoms with Crippen LogP contribution >= 0.6 is 0 Å². The van der Waals surface area contributed by atoms with Crippen molar-refractivity contribution >= 4 is 11.9 Å². The first-order chi connectivity index (χ1) is 7.56. The molecular formula is C11H8O5. The summed E-state index contributed by atoms with van der Waals surface area (Å²) in [5.41, 5.74) is -0.347. The van der Waals surface area contributed by atoms with Gasteiger partial charge >= 0.3 is 11.9 Å². The van der Waals surface area contributed by atoms with Crippen molar-refractivity contribution in [3.05, 3.63) is 29.3 Å². The van der Waals surface area contributed by atoms with E-state index in [1.807, 2.05) is 0 Å². The molecule has 0 aliphatic carbocycles. The molecule has 2 N–H and O–H groups in total. The molecule has 0 unspecified atom stereocenters. The number of carboxylic acids is 2. The van der Waals surface area contributed by atoms with Gasteiger partial charge < -0.3 is 14.9 Å². The molecule has 0 radical (unpaired) electrons. The first-order valence-electron chi connectivity index (χ1n) is 4.23. The first-order valence-corrected chi connectivity index (χ1v) is 4.23. The summed E-state index contributed by atoms with van der Waals surface area (Å²) < 4.78 is 4.97. The molecule has 0 fully saturated rings. The molecule has 0 spiro atoms. The van der Waals surface area contributed by atoms with Crippen molar-refractivity contribution in [2.45, 2.75) is 0 Å². The average Bonchev–Trinajstić information content (AvgIpc) is 2.25. The van der Waals surface area contributed by atoms with Crippen LogP contribution in [0.15, 0.2) is 18.2 Å². The van der Waals surface area contributed by atoms with Gasteiger partial charge in [0.1, 0.15) is 17.9 Å². The van der Waals surface area contributed by atoms with Crippen LogP contribution in [-0.4, -0.2) is 28.8 Å². The van der Waals surface area contributed by atoms with E-state index in [0.29, 0.717) is 0 Å². The van der Waals surface area contributed by atoms with Crippen molar-refractivity contribution in [3.63, 3.8) is 0 Å². The third-order valence-electron chi connectivity index (χ3n) is 1.77. The van der Waals surface area contributed by atoms with Gasteiger partial charge in [0.15, 0.2) is 0 Å². The highest BCUT2D eigenvalue weighted by molar-refractivity contribution is 5.95. The summed E-state index contributed by atoms with van der Waals surface area (Å²) in [5, 5.41) is 17.5. The summed E-state index contributed by atoms with van der Waals surface area (Å²) in [4.78, 5) is 21.5. The van der Waals surface area contributed by atoms with Crippen LogP contribution in [0, 0.1) is 12.3 Å². The lowest BCUT2D eigenvalue weighted by atomic mass is 10.1. The van der Waals surface area contributed by atoms with E-state index >= 15 is 0 Å². The number of hydrogen-bond donors (Lipinski definition) is 2. The summed E-state index contributed by atoms with van der Waals surface area (Å²) in [5.74, 6) is -0.232. The largest absolute Gasteiger partial charge is 0.480 e. The van der Waals surface area contributed by atoms with Gasteiger partial charge in [0.05, 0.1) is 5.56 Å². The van der Waals surface area contributed by atoms with Gasteiger partial charge in [0.2, 0.25) is 0 Å². The van der Waals surface area contributed by atoms with Gasteiger partial charge in [-0.25, -0.2) is 9.59 Å². The van der Waals surface area contributed by atoms with Crippen LogP contribution in [0.3, 0.4) is 0 Å². The minimum atomic E-state index is -1.27. The maximum absolute atomic E-state index is 10.8. The lowest BCUT2D eigenvalue weighted by Gasteiger charge is -2.06. The van der Waals surface area contributed by atoms with Crippen molar-refractivity contribution in [1.29, 1.82) is 0 Å². The molecule has 1 aromatic rings. The van der Waals surface area contributed by atoms with Crippen LogP contribution in [0.2, 0.25) is 0 Å². The van der Waals surface area contributed by atoms with E-state index in [9.17, 15) is 9.59 Å². The van der Waals surface area contributed by atoms with Gasteiger partial charge in [-0.1, -0.05) is 5.92 Å². The van der Waals surface area contributed by atoms with Crippen LogP contribution in [-0.2, 0) is 0 Å². The van der Waals surface area contributed by atoms with E-state index in [1.165, 1.54) is 12.1 Å². The molecule has 0 aromatic heterocycles. The van der Waals surface area contributed by atoms with E-state index < -0.39 is 11.9 Å². The molecule has 1 aromatic carbocycles. The Bertz CT molecular complexity index is 470. The van der Waals surface area contributed by atoms with E-state index in [0.717, 1.165) is 6.07 Å². The number of ether oxygens (including phenoxy) is 1. The Balaban J connectivity index is 3.15. The van der Waals surface area contributed by atoms with Crippen LogP contribution in [0.4, 0.5) is 0 Å². The third-order valence-corrected chi connectivity index (χ3v) is 1.77. The van der Waals surface area contributed by atoms with Gasteiger partial charge in [0.25, 0.3) is 0 Å². The standard InChI is InChI=1S/C11H8O5/c1-2-5-16-9-4-3-7(10(12)13)6-8(9)11(14)15/h1,3-4,6H,5H2,(H,12,13)(H,14,15). The Hall–Kier alpha value is -2.48. The summed E-state index contributed by atoms with van der Waals surface area (Å²) in [6.45, 7) is -0.0767. The van der Waals surface area contributed by atoms with Gasteiger partial charge in [-0.3, -0.25) is 0 Å². The minimum absolute atomic E-state index is 0.0513. The molecule has 16 heavy (non-hydrogen) atoms. The van der Waals surface area contributed by atoms with Crippen LogP contribution in [0.5, 0.6) is 5.75 Å². The SMILES string of the molecule is C#CCOc1ccc(C(=O)O)cc1C(=O)O. The third kappa shape index (κ3) is 2.51. The topological polar surface area (TPSA) is 83.8 Å². The lowest BCUT2D eigenvalue weighted by Crippen LogP contribution is -2.06. The molecule has 0 aliphatic rings. The molecule has 5 heteroatoms. The number of terminal acetylenes is 1. The zero-order valence-electron chi connectivity index (χ0n) is 8.14. The molecule has 0 saturated heterocycles. The number of benzene rings is 1. The molecule has 0 aliphatic heterocycles. The smallest absolute Gasteiger partial charge is 0.339 e. The second kappa shape index (κ2) is 4.84. The molecule has 0 atom stereocenters. The van der Waals surface area contributed by atoms with Gasteiger partial charge in [-0.15, -0.1) is 6.42 Å². The fraction of sp³-hybridized carbons (Fsp3) is 0.0909.